The summed E-state index contributed by atoms with van der Waals surface area (Å²) in [6.07, 6.45) is 3.50. The molecular weight excluding hydrogens is 170 g/mol. The molecule has 66 valence electrons. The molecule has 1 aromatic heterocycles. The SMILES string of the molecule is CCN(CC)C(=S)c1ncc[nH]1. The smallest absolute Gasteiger partial charge is 0.165 e. The van der Waals surface area contributed by atoms with E-state index in [1.54, 1.807) is 12.4 Å². The second-order valence-corrected chi connectivity index (χ2v) is 2.80. The summed E-state index contributed by atoms with van der Waals surface area (Å²) in [6.45, 7) is 6.02. The molecule has 0 spiro atoms. The zero-order valence-corrected chi connectivity index (χ0v) is 8.19. The first-order valence-corrected chi connectivity index (χ1v) is 4.49. The van der Waals surface area contributed by atoms with Gasteiger partial charge < -0.3 is 9.88 Å². The van der Waals surface area contributed by atoms with Crippen molar-refractivity contribution in [3.8, 4) is 0 Å². The molecule has 0 radical (unpaired) electrons. The maximum absolute atomic E-state index is 5.23. The highest BCUT2D eigenvalue weighted by Gasteiger charge is 2.08. The van der Waals surface area contributed by atoms with Gasteiger partial charge in [-0.25, -0.2) is 4.98 Å². The third-order valence-electron chi connectivity index (χ3n) is 1.75. The third-order valence-corrected chi connectivity index (χ3v) is 2.20. The first-order valence-electron chi connectivity index (χ1n) is 4.08. The molecular formula is C8H13N3S. The van der Waals surface area contributed by atoms with E-state index in [0.29, 0.717) is 0 Å². The molecule has 0 saturated heterocycles. The summed E-state index contributed by atoms with van der Waals surface area (Å²) < 4.78 is 0. The molecule has 4 heteroatoms. The number of aromatic nitrogens is 2. The van der Waals surface area contributed by atoms with E-state index >= 15 is 0 Å². The Labute approximate surface area is 77.8 Å². The maximum Gasteiger partial charge on any atom is 0.165 e. The fourth-order valence-corrected chi connectivity index (χ4v) is 1.41. The molecule has 0 aliphatic carbocycles. The topological polar surface area (TPSA) is 31.9 Å². The van der Waals surface area contributed by atoms with Gasteiger partial charge in [-0.15, -0.1) is 0 Å². The normalized spacial score (nSPS) is 9.83. The van der Waals surface area contributed by atoms with Crippen LogP contribution in [-0.2, 0) is 0 Å². The van der Waals surface area contributed by atoms with Gasteiger partial charge in [0.25, 0.3) is 0 Å². The van der Waals surface area contributed by atoms with Crippen molar-refractivity contribution in [1.29, 1.82) is 0 Å². The van der Waals surface area contributed by atoms with E-state index in [1.165, 1.54) is 0 Å². The van der Waals surface area contributed by atoms with Crippen molar-refractivity contribution in [2.75, 3.05) is 13.1 Å². The van der Waals surface area contributed by atoms with Gasteiger partial charge in [-0.1, -0.05) is 12.2 Å². The summed E-state index contributed by atoms with van der Waals surface area (Å²) in [7, 11) is 0. The summed E-state index contributed by atoms with van der Waals surface area (Å²) in [6, 6.07) is 0. The highest BCUT2D eigenvalue weighted by molar-refractivity contribution is 7.80. The van der Waals surface area contributed by atoms with Crippen LogP contribution in [0.3, 0.4) is 0 Å². The lowest BCUT2D eigenvalue weighted by molar-refractivity contribution is 0.472. The third kappa shape index (κ3) is 1.82. The van der Waals surface area contributed by atoms with Gasteiger partial charge in [0.05, 0.1) is 0 Å². The Hall–Kier alpha value is -0.900. The Bertz CT molecular complexity index is 239. The highest BCUT2D eigenvalue weighted by atomic mass is 32.1. The lowest BCUT2D eigenvalue weighted by Crippen LogP contribution is -2.30. The van der Waals surface area contributed by atoms with E-state index in [-0.39, 0.29) is 0 Å². The first-order chi connectivity index (χ1) is 5.79. The van der Waals surface area contributed by atoms with Crippen LogP contribution in [0.4, 0.5) is 0 Å². The monoisotopic (exact) mass is 183 g/mol. The number of aromatic amines is 1. The molecule has 0 saturated carbocycles. The van der Waals surface area contributed by atoms with Crippen LogP contribution in [-0.4, -0.2) is 32.9 Å². The van der Waals surface area contributed by atoms with Gasteiger partial charge in [0, 0.05) is 25.5 Å². The van der Waals surface area contributed by atoms with E-state index in [2.05, 4.69) is 28.7 Å². The summed E-state index contributed by atoms with van der Waals surface area (Å²) in [5, 5.41) is 0. The number of nitrogens with one attached hydrogen (secondary N) is 1. The van der Waals surface area contributed by atoms with Crippen LogP contribution in [0.15, 0.2) is 12.4 Å². The highest BCUT2D eigenvalue weighted by Crippen LogP contribution is 1.99. The lowest BCUT2D eigenvalue weighted by atomic mass is 10.4. The molecule has 0 aliphatic rings. The van der Waals surface area contributed by atoms with Crippen LogP contribution in [0.1, 0.15) is 19.7 Å². The molecule has 1 N–H and O–H groups in total. The van der Waals surface area contributed by atoms with Crippen LogP contribution < -0.4 is 0 Å². The molecule has 0 aliphatic heterocycles. The average molecular weight is 183 g/mol. The predicted molar refractivity (Wildman–Crippen MR) is 53.2 cm³/mol. The number of H-pyrrole nitrogens is 1. The second-order valence-electron chi connectivity index (χ2n) is 2.42. The lowest BCUT2D eigenvalue weighted by Gasteiger charge is -2.19. The zero-order chi connectivity index (χ0) is 8.97. The van der Waals surface area contributed by atoms with Crippen molar-refractivity contribution in [3.63, 3.8) is 0 Å². The van der Waals surface area contributed by atoms with Crippen molar-refractivity contribution in [2.45, 2.75) is 13.8 Å². The quantitative estimate of drug-likeness (QED) is 0.719. The molecule has 0 unspecified atom stereocenters. The van der Waals surface area contributed by atoms with Gasteiger partial charge in [-0.05, 0) is 13.8 Å². The van der Waals surface area contributed by atoms with Crippen LogP contribution in [0.2, 0.25) is 0 Å². The fourth-order valence-electron chi connectivity index (χ4n) is 1.04. The molecule has 3 nitrogen and oxygen atoms in total. The molecule has 12 heavy (non-hydrogen) atoms. The zero-order valence-electron chi connectivity index (χ0n) is 7.37. The van der Waals surface area contributed by atoms with E-state index in [9.17, 15) is 0 Å². The number of rotatable bonds is 3. The molecule has 0 aromatic carbocycles. The Kier molecular flexibility index (Phi) is 3.22. The Morgan fingerprint density at radius 3 is 2.67 bits per heavy atom. The van der Waals surface area contributed by atoms with Crippen LogP contribution >= 0.6 is 12.2 Å². The molecule has 0 amide bonds. The van der Waals surface area contributed by atoms with Crippen LogP contribution in [0.25, 0.3) is 0 Å². The molecule has 1 heterocycles. The minimum atomic E-state index is 0.786. The van der Waals surface area contributed by atoms with E-state index in [0.717, 1.165) is 23.9 Å². The summed E-state index contributed by atoms with van der Waals surface area (Å²) in [5.41, 5.74) is 0. The van der Waals surface area contributed by atoms with Crippen molar-refractivity contribution < 1.29 is 0 Å². The predicted octanol–water partition coefficient (Wildman–Crippen LogP) is 1.43. The van der Waals surface area contributed by atoms with Crippen LogP contribution in [0, 0.1) is 0 Å². The largest absolute Gasteiger partial charge is 0.360 e. The molecule has 0 bridgehead atoms. The first kappa shape index (κ1) is 9.19. The summed E-state index contributed by atoms with van der Waals surface area (Å²) in [4.78, 5) is 9.97. The Morgan fingerprint density at radius 2 is 2.25 bits per heavy atom. The minimum Gasteiger partial charge on any atom is -0.360 e. The van der Waals surface area contributed by atoms with E-state index < -0.39 is 0 Å². The second kappa shape index (κ2) is 4.21. The van der Waals surface area contributed by atoms with Gasteiger partial charge in [0.1, 0.15) is 4.99 Å². The maximum atomic E-state index is 5.23. The van der Waals surface area contributed by atoms with Gasteiger partial charge in [0.2, 0.25) is 0 Å². The number of nitrogens with zero attached hydrogens (tertiary/aromatic N) is 2. The summed E-state index contributed by atoms with van der Waals surface area (Å²) >= 11 is 5.23. The molecule has 1 rings (SSSR count). The Morgan fingerprint density at radius 1 is 1.58 bits per heavy atom. The van der Waals surface area contributed by atoms with Crippen molar-refractivity contribution in [1.82, 2.24) is 14.9 Å². The number of imidazole rings is 1. The molecule has 1 aromatic rings. The van der Waals surface area contributed by atoms with E-state index in [4.69, 9.17) is 12.2 Å². The van der Waals surface area contributed by atoms with Crippen molar-refractivity contribution in [3.05, 3.63) is 18.2 Å². The van der Waals surface area contributed by atoms with Crippen molar-refractivity contribution in [2.24, 2.45) is 0 Å². The van der Waals surface area contributed by atoms with Gasteiger partial charge in [0.15, 0.2) is 5.82 Å². The van der Waals surface area contributed by atoms with Gasteiger partial charge in [-0.3, -0.25) is 0 Å². The Balaban J connectivity index is 2.70. The fraction of sp³-hybridized carbons (Fsp3) is 0.500. The number of hydrogen-bond acceptors (Lipinski definition) is 2. The number of thiocarbonyl (C=S) groups is 1. The average Bonchev–Trinajstić information content (AvgIpc) is 2.58. The van der Waals surface area contributed by atoms with Crippen molar-refractivity contribution >= 4 is 17.2 Å². The van der Waals surface area contributed by atoms with Gasteiger partial charge in [-0.2, -0.15) is 0 Å². The number of hydrogen-bond donors (Lipinski definition) is 1. The molecule has 0 fully saturated rings. The minimum absolute atomic E-state index is 0.786. The molecule has 0 atom stereocenters. The van der Waals surface area contributed by atoms with Crippen LogP contribution in [0.5, 0.6) is 0 Å². The standard InChI is InChI=1S/C8H13N3S/c1-3-11(4-2)8(12)7-9-5-6-10-7/h5-6H,3-4H2,1-2H3,(H,9,10). The van der Waals surface area contributed by atoms with Gasteiger partial charge >= 0.3 is 0 Å². The van der Waals surface area contributed by atoms with E-state index in [1.807, 2.05) is 0 Å². The summed E-state index contributed by atoms with van der Waals surface area (Å²) in [5.74, 6) is 0.786.